The first kappa shape index (κ1) is 15.2. The minimum absolute atomic E-state index is 0.150. The van der Waals surface area contributed by atoms with Crippen LogP contribution < -0.4 is 5.32 Å². The molecule has 1 aromatic carbocycles. The molecule has 1 heterocycles. The fraction of sp³-hybridized carbons (Fsp3) is 0.294. The second-order valence-corrected chi connectivity index (χ2v) is 4.88. The van der Waals surface area contributed by atoms with Gasteiger partial charge < -0.3 is 10.1 Å². The van der Waals surface area contributed by atoms with Gasteiger partial charge in [0.2, 0.25) is 0 Å². The SMILES string of the molecule is COC(=O)Cc1ccccc1CN[C@H](C)c1ccccn1. The normalized spacial score (nSPS) is 11.9. The minimum atomic E-state index is -0.222. The Hall–Kier alpha value is -2.20. The van der Waals surface area contributed by atoms with Crippen LogP contribution in [0, 0.1) is 0 Å². The van der Waals surface area contributed by atoms with Crippen molar-refractivity contribution in [3.05, 3.63) is 65.5 Å². The van der Waals surface area contributed by atoms with E-state index in [0.717, 1.165) is 16.8 Å². The molecule has 0 spiro atoms. The largest absolute Gasteiger partial charge is 0.469 e. The summed E-state index contributed by atoms with van der Waals surface area (Å²) < 4.78 is 4.73. The first-order chi connectivity index (χ1) is 10.2. The van der Waals surface area contributed by atoms with Crippen LogP contribution >= 0.6 is 0 Å². The fourth-order valence-corrected chi connectivity index (χ4v) is 2.13. The van der Waals surface area contributed by atoms with Crippen LogP contribution in [0.4, 0.5) is 0 Å². The Balaban J connectivity index is 2.01. The molecule has 4 heteroatoms. The molecular weight excluding hydrogens is 264 g/mol. The van der Waals surface area contributed by atoms with Crippen molar-refractivity contribution in [2.75, 3.05) is 7.11 Å². The number of nitrogens with one attached hydrogen (secondary N) is 1. The van der Waals surface area contributed by atoms with Crippen molar-refractivity contribution in [2.24, 2.45) is 0 Å². The lowest BCUT2D eigenvalue weighted by Gasteiger charge is -2.15. The van der Waals surface area contributed by atoms with Gasteiger partial charge in [-0.25, -0.2) is 0 Å². The fourth-order valence-electron chi connectivity index (χ4n) is 2.13. The summed E-state index contributed by atoms with van der Waals surface area (Å²) in [6.07, 6.45) is 2.09. The van der Waals surface area contributed by atoms with Crippen LogP contribution in [-0.2, 0) is 22.5 Å². The minimum Gasteiger partial charge on any atom is -0.469 e. The molecule has 0 saturated heterocycles. The van der Waals surface area contributed by atoms with E-state index in [1.165, 1.54) is 7.11 Å². The second kappa shape index (κ2) is 7.55. The smallest absolute Gasteiger partial charge is 0.309 e. The zero-order valence-electron chi connectivity index (χ0n) is 12.4. The number of hydrogen-bond donors (Lipinski definition) is 1. The molecule has 0 unspecified atom stereocenters. The van der Waals surface area contributed by atoms with Gasteiger partial charge in [0.15, 0.2) is 0 Å². The number of esters is 1. The maximum absolute atomic E-state index is 11.4. The molecule has 110 valence electrons. The lowest BCUT2D eigenvalue weighted by molar-refractivity contribution is -0.139. The molecule has 1 atom stereocenters. The van der Waals surface area contributed by atoms with Crippen molar-refractivity contribution >= 4 is 5.97 Å². The van der Waals surface area contributed by atoms with Crippen molar-refractivity contribution in [2.45, 2.75) is 25.9 Å². The molecule has 0 aliphatic heterocycles. The summed E-state index contributed by atoms with van der Waals surface area (Å²) in [7, 11) is 1.41. The average molecular weight is 284 g/mol. The van der Waals surface area contributed by atoms with E-state index in [9.17, 15) is 4.79 Å². The van der Waals surface area contributed by atoms with Crippen LogP contribution in [0.2, 0.25) is 0 Å². The van der Waals surface area contributed by atoms with Crippen molar-refractivity contribution < 1.29 is 9.53 Å². The first-order valence-electron chi connectivity index (χ1n) is 6.98. The lowest BCUT2D eigenvalue weighted by atomic mass is 10.0. The van der Waals surface area contributed by atoms with E-state index in [2.05, 4.69) is 17.2 Å². The number of nitrogens with zero attached hydrogens (tertiary/aromatic N) is 1. The Morgan fingerprint density at radius 3 is 2.57 bits per heavy atom. The number of rotatable bonds is 6. The molecule has 0 bridgehead atoms. The molecule has 2 rings (SSSR count). The Labute approximate surface area is 125 Å². The van der Waals surface area contributed by atoms with Gasteiger partial charge in [-0.05, 0) is 30.2 Å². The summed E-state index contributed by atoms with van der Waals surface area (Å²) in [4.78, 5) is 15.8. The van der Waals surface area contributed by atoms with E-state index >= 15 is 0 Å². The molecule has 0 amide bonds. The standard InChI is InChI=1S/C17H20N2O2/c1-13(16-9-5-6-10-18-16)19-12-15-8-4-3-7-14(15)11-17(20)21-2/h3-10,13,19H,11-12H2,1-2H3/t13-/m1/s1. The van der Waals surface area contributed by atoms with Gasteiger partial charge in [-0.2, -0.15) is 0 Å². The Kier molecular flexibility index (Phi) is 5.46. The highest BCUT2D eigenvalue weighted by Gasteiger charge is 2.10. The molecule has 4 nitrogen and oxygen atoms in total. The van der Waals surface area contributed by atoms with Gasteiger partial charge in [-0.3, -0.25) is 9.78 Å². The maximum Gasteiger partial charge on any atom is 0.309 e. The van der Waals surface area contributed by atoms with Crippen LogP contribution in [0.3, 0.4) is 0 Å². The second-order valence-electron chi connectivity index (χ2n) is 4.88. The molecule has 1 N–H and O–H groups in total. The van der Waals surface area contributed by atoms with Crippen molar-refractivity contribution in [3.63, 3.8) is 0 Å². The van der Waals surface area contributed by atoms with E-state index in [-0.39, 0.29) is 12.0 Å². The van der Waals surface area contributed by atoms with E-state index in [1.54, 1.807) is 6.20 Å². The molecule has 0 fully saturated rings. The third-order valence-electron chi connectivity index (χ3n) is 3.41. The average Bonchev–Trinajstić information content (AvgIpc) is 2.54. The summed E-state index contributed by atoms with van der Waals surface area (Å²) in [5.74, 6) is -0.222. The Morgan fingerprint density at radius 1 is 1.19 bits per heavy atom. The summed E-state index contributed by atoms with van der Waals surface area (Å²) >= 11 is 0. The van der Waals surface area contributed by atoms with Crippen LogP contribution in [0.5, 0.6) is 0 Å². The van der Waals surface area contributed by atoms with Gasteiger partial charge in [-0.15, -0.1) is 0 Å². The Bertz CT molecular complexity index is 584. The van der Waals surface area contributed by atoms with Gasteiger partial charge >= 0.3 is 5.97 Å². The third kappa shape index (κ3) is 4.39. The zero-order valence-corrected chi connectivity index (χ0v) is 12.4. The number of hydrogen-bond acceptors (Lipinski definition) is 4. The monoisotopic (exact) mass is 284 g/mol. The third-order valence-corrected chi connectivity index (χ3v) is 3.41. The number of methoxy groups -OCH3 is 1. The summed E-state index contributed by atoms with van der Waals surface area (Å²) in [5, 5.41) is 3.43. The van der Waals surface area contributed by atoms with Crippen LogP contribution in [0.1, 0.15) is 29.8 Å². The molecule has 21 heavy (non-hydrogen) atoms. The predicted molar refractivity (Wildman–Crippen MR) is 81.7 cm³/mol. The Morgan fingerprint density at radius 2 is 1.90 bits per heavy atom. The summed E-state index contributed by atoms with van der Waals surface area (Å²) in [6, 6.07) is 13.9. The number of aromatic nitrogens is 1. The van der Waals surface area contributed by atoms with Gasteiger partial charge in [-0.1, -0.05) is 30.3 Å². The molecule has 0 aliphatic carbocycles. The summed E-state index contributed by atoms with van der Waals surface area (Å²) in [6.45, 7) is 2.76. The lowest BCUT2D eigenvalue weighted by Crippen LogP contribution is -2.20. The van der Waals surface area contributed by atoms with Gasteiger partial charge in [0.05, 0.1) is 19.2 Å². The van der Waals surface area contributed by atoms with E-state index in [4.69, 9.17) is 4.74 Å². The number of benzene rings is 1. The number of carbonyl (C=O) groups is 1. The summed E-state index contributed by atoms with van der Waals surface area (Å²) in [5.41, 5.74) is 3.10. The van der Waals surface area contributed by atoms with Crippen molar-refractivity contribution in [1.29, 1.82) is 0 Å². The van der Waals surface area contributed by atoms with E-state index in [0.29, 0.717) is 13.0 Å². The number of ether oxygens (including phenoxy) is 1. The molecule has 0 saturated carbocycles. The predicted octanol–water partition coefficient (Wildman–Crippen LogP) is 2.65. The zero-order chi connectivity index (χ0) is 15.1. The van der Waals surface area contributed by atoms with Gasteiger partial charge in [0, 0.05) is 18.8 Å². The molecule has 1 aromatic heterocycles. The topological polar surface area (TPSA) is 51.2 Å². The van der Waals surface area contributed by atoms with E-state index in [1.807, 2.05) is 42.5 Å². The highest BCUT2D eigenvalue weighted by Crippen LogP contribution is 2.13. The highest BCUT2D eigenvalue weighted by molar-refractivity contribution is 5.72. The van der Waals surface area contributed by atoms with E-state index < -0.39 is 0 Å². The first-order valence-corrected chi connectivity index (χ1v) is 6.98. The highest BCUT2D eigenvalue weighted by atomic mass is 16.5. The molecule has 0 radical (unpaired) electrons. The molecular formula is C17H20N2O2. The number of carbonyl (C=O) groups excluding carboxylic acids is 1. The van der Waals surface area contributed by atoms with Gasteiger partial charge in [0.25, 0.3) is 0 Å². The van der Waals surface area contributed by atoms with Crippen molar-refractivity contribution in [3.8, 4) is 0 Å². The number of pyridine rings is 1. The maximum atomic E-state index is 11.4. The van der Waals surface area contributed by atoms with Crippen molar-refractivity contribution in [1.82, 2.24) is 10.3 Å². The quantitative estimate of drug-likeness (QED) is 0.829. The van der Waals surface area contributed by atoms with Crippen LogP contribution in [0.15, 0.2) is 48.7 Å². The molecule has 0 aliphatic rings. The van der Waals surface area contributed by atoms with Crippen LogP contribution in [0.25, 0.3) is 0 Å². The molecule has 2 aromatic rings. The van der Waals surface area contributed by atoms with Gasteiger partial charge in [0.1, 0.15) is 0 Å². The van der Waals surface area contributed by atoms with Crippen LogP contribution in [-0.4, -0.2) is 18.1 Å².